The van der Waals surface area contributed by atoms with Crippen LogP contribution in [0.2, 0.25) is 0 Å². The number of fused-ring (bicyclic) bond motifs is 4. The van der Waals surface area contributed by atoms with E-state index in [1.54, 1.807) is 0 Å². The molecule has 270 valence electrons. The van der Waals surface area contributed by atoms with Crippen molar-refractivity contribution in [2.24, 2.45) is 0 Å². The molecule has 57 heavy (non-hydrogen) atoms. The highest BCUT2D eigenvalue weighted by atomic mass is 15.4. The summed E-state index contributed by atoms with van der Waals surface area (Å²) >= 11 is 0. The van der Waals surface area contributed by atoms with E-state index < -0.39 is 0 Å². The van der Waals surface area contributed by atoms with Crippen LogP contribution in [0.25, 0.3) is 16.9 Å². The summed E-state index contributed by atoms with van der Waals surface area (Å²) in [5.41, 5.74) is 15.8. The largest absolute Gasteiger partial charge is 0.306 e. The molecular formula is C50H35N7. The molecule has 11 rings (SSSR count). The van der Waals surface area contributed by atoms with E-state index in [4.69, 9.17) is 10.3 Å². The minimum Gasteiger partial charge on any atom is -0.306 e. The number of anilines is 12. The number of hydrogen-bond acceptors (Lipinski definition) is 6. The number of rotatable bonds is 6. The quantitative estimate of drug-likeness (QED) is 0.170. The maximum atomic E-state index is 4.72. The summed E-state index contributed by atoms with van der Waals surface area (Å²) in [6.45, 7) is 0. The Kier molecular flexibility index (Phi) is 7.67. The summed E-state index contributed by atoms with van der Waals surface area (Å²) in [6.07, 6.45) is 2.02. The summed E-state index contributed by atoms with van der Waals surface area (Å²) in [5, 5.41) is 9.43. The van der Waals surface area contributed by atoms with Crippen molar-refractivity contribution >= 4 is 68.2 Å². The Balaban J connectivity index is 0.954. The topological polar surface area (TPSA) is 43.7 Å². The minimum absolute atomic E-state index is 0.792. The first-order valence-electron chi connectivity index (χ1n) is 19.1. The Morgan fingerprint density at radius 3 is 0.947 bits per heavy atom. The molecule has 7 nitrogen and oxygen atoms in total. The summed E-state index contributed by atoms with van der Waals surface area (Å²) in [5.74, 6) is 0. The third-order valence-electron chi connectivity index (χ3n) is 10.8. The summed E-state index contributed by atoms with van der Waals surface area (Å²) in [7, 11) is 0. The molecule has 0 radical (unpaired) electrons. The average Bonchev–Trinajstić information content (AvgIpc) is 3.78. The lowest BCUT2D eigenvalue weighted by atomic mass is 10.0. The van der Waals surface area contributed by atoms with E-state index in [1.165, 1.54) is 0 Å². The molecule has 0 aliphatic carbocycles. The smallest absolute Gasteiger partial charge is 0.113 e. The molecule has 2 aliphatic rings. The number of para-hydroxylation sites is 12. The molecule has 0 bridgehead atoms. The number of benzene rings is 8. The maximum Gasteiger partial charge on any atom is 0.113 e. The van der Waals surface area contributed by atoms with E-state index in [9.17, 15) is 0 Å². The third-order valence-corrected chi connectivity index (χ3v) is 10.8. The van der Waals surface area contributed by atoms with Crippen molar-refractivity contribution in [1.82, 2.24) is 15.0 Å². The zero-order valence-corrected chi connectivity index (χ0v) is 30.8. The molecule has 7 heteroatoms. The molecular weight excluding hydrogens is 699 g/mol. The molecule has 0 N–H and O–H groups in total. The van der Waals surface area contributed by atoms with Gasteiger partial charge in [-0.15, -0.1) is 5.10 Å². The minimum atomic E-state index is 0.792. The first-order valence-corrected chi connectivity index (χ1v) is 19.1. The first kappa shape index (κ1) is 32.5. The van der Waals surface area contributed by atoms with E-state index in [-0.39, 0.29) is 0 Å². The first-order chi connectivity index (χ1) is 28.3. The average molecular weight is 734 g/mol. The Labute approximate surface area is 331 Å². The van der Waals surface area contributed by atoms with Crippen molar-refractivity contribution in [3.05, 3.63) is 212 Å². The number of hydrogen-bond donors (Lipinski definition) is 0. The molecule has 0 spiro atoms. The van der Waals surface area contributed by atoms with Crippen LogP contribution in [0.5, 0.6) is 0 Å². The maximum absolute atomic E-state index is 4.72. The van der Waals surface area contributed by atoms with Crippen LogP contribution in [0.3, 0.4) is 0 Å². The fourth-order valence-corrected chi connectivity index (χ4v) is 8.28. The molecule has 9 aromatic rings. The van der Waals surface area contributed by atoms with Gasteiger partial charge in [0.15, 0.2) is 0 Å². The van der Waals surface area contributed by atoms with Gasteiger partial charge in [-0.05, 0) is 97.1 Å². The molecule has 0 atom stereocenters. The van der Waals surface area contributed by atoms with Crippen molar-refractivity contribution in [2.45, 2.75) is 0 Å². The van der Waals surface area contributed by atoms with Crippen LogP contribution in [-0.2, 0) is 0 Å². The Morgan fingerprint density at radius 2 is 0.561 bits per heavy atom. The second-order valence-corrected chi connectivity index (χ2v) is 14.1. The molecule has 0 unspecified atom stereocenters. The molecule has 0 saturated heterocycles. The summed E-state index contributed by atoms with van der Waals surface area (Å²) in [6, 6.07) is 72.5. The second-order valence-electron chi connectivity index (χ2n) is 14.1. The van der Waals surface area contributed by atoms with Gasteiger partial charge in [-0.3, -0.25) is 0 Å². The lowest BCUT2D eigenvalue weighted by Crippen LogP contribution is -2.24. The monoisotopic (exact) mass is 733 g/mol. The van der Waals surface area contributed by atoms with Crippen molar-refractivity contribution in [3.8, 4) is 16.9 Å². The SMILES string of the molecule is c1ccc(N2c3ccccc3N(c3ccc(-c4cn(-c5ccccc5N5c6ccccc6N(c6ccccc6)c6ccccc65)nn4)cc3)c3ccccc32)cc1. The van der Waals surface area contributed by atoms with Crippen LogP contribution >= 0.6 is 0 Å². The zero-order chi connectivity index (χ0) is 37.7. The van der Waals surface area contributed by atoms with E-state index >= 15 is 0 Å². The van der Waals surface area contributed by atoms with Gasteiger partial charge in [-0.1, -0.05) is 114 Å². The fourth-order valence-electron chi connectivity index (χ4n) is 8.28. The van der Waals surface area contributed by atoms with Crippen LogP contribution in [0.15, 0.2) is 212 Å². The van der Waals surface area contributed by atoms with Gasteiger partial charge in [0, 0.05) is 22.6 Å². The van der Waals surface area contributed by atoms with Crippen molar-refractivity contribution in [1.29, 1.82) is 0 Å². The predicted molar refractivity (Wildman–Crippen MR) is 233 cm³/mol. The Morgan fingerprint density at radius 1 is 0.263 bits per heavy atom. The van der Waals surface area contributed by atoms with Gasteiger partial charge in [-0.2, -0.15) is 0 Å². The summed E-state index contributed by atoms with van der Waals surface area (Å²) in [4.78, 5) is 9.35. The van der Waals surface area contributed by atoms with Gasteiger partial charge in [0.25, 0.3) is 0 Å². The highest BCUT2D eigenvalue weighted by Gasteiger charge is 2.32. The fraction of sp³-hybridized carbons (Fsp3) is 0. The van der Waals surface area contributed by atoms with Crippen LogP contribution in [0.4, 0.5) is 68.2 Å². The lowest BCUT2D eigenvalue weighted by molar-refractivity contribution is 0.803. The standard InChI is InChI=1S/C50H35N7/c1-3-17-37(18-4-1)54-43-23-9-11-25-45(43)56(46-26-12-10-24-44(46)54)39-33-31-36(32-34-39)40-35-53(52-51-40)41-21-7-8-22-42(41)57-49-29-15-13-27-47(49)55(38-19-5-2-6-20-38)48-28-14-16-30-50(48)57/h1-35H. The zero-order valence-electron chi connectivity index (χ0n) is 30.8. The second kappa shape index (κ2) is 13.4. The van der Waals surface area contributed by atoms with E-state index in [1.807, 2.05) is 10.9 Å². The molecule has 0 saturated carbocycles. The van der Waals surface area contributed by atoms with E-state index in [0.29, 0.717) is 0 Å². The van der Waals surface area contributed by atoms with E-state index in [2.05, 4.69) is 226 Å². The molecule has 8 aromatic carbocycles. The summed E-state index contributed by atoms with van der Waals surface area (Å²) < 4.78 is 1.89. The van der Waals surface area contributed by atoms with Gasteiger partial charge < -0.3 is 19.6 Å². The van der Waals surface area contributed by atoms with Crippen LogP contribution < -0.4 is 19.6 Å². The lowest BCUT2D eigenvalue weighted by Gasteiger charge is -2.40. The molecule has 1 aromatic heterocycles. The molecule has 0 fully saturated rings. The van der Waals surface area contributed by atoms with Crippen LogP contribution in [0, 0.1) is 0 Å². The number of nitrogens with zero attached hydrogens (tertiary/aromatic N) is 7. The van der Waals surface area contributed by atoms with Gasteiger partial charge >= 0.3 is 0 Å². The molecule has 0 amide bonds. The van der Waals surface area contributed by atoms with Gasteiger partial charge in [0.2, 0.25) is 0 Å². The highest BCUT2D eigenvalue weighted by molar-refractivity contribution is 6.03. The normalized spacial score (nSPS) is 12.8. The van der Waals surface area contributed by atoms with Crippen LogP contribution in [-0.4, -0.2) is 15.0 Å². The molecule has 3 heterocycles. The van der Waals surface area contributed by atoms with Gasteiger partial charge in [0.05, 0.1) is 63.1 Å². The number of aromatic nitrogens is 3. The van der Waals surface area contributed by atoms with Crippen molar-refractivity contribution < 1.29 is 0 Å². The molecule has 2 aliphatic heterocycles. The third kappa shape index (κ3) is 5.36. The predicted octanol–water partition coefficient (Wildman–Crippen LogP) is 13.4. The van der Waals surface area contributed by atoms with Crippen LogP contribution in [0.1, 0.15) is 0 Å². The highest BCUT2D eigenvalue weighted by Crippen LogP contribution is 2.56. The van der Waals surface area contributed by atoms with E-state index in [0.717, 1.165) is 85.2 Å². The Bertz CT molecular complexity index is 2790. The Hall–Kier alpha value is -7.90. The van der Waals surface area contributed by atoms with Gasteiger partial charge in [0.1, 0.15) is 5.69 Å². The van der Waals surface area contributed by atoms with Gasteiger partial charge in [-0.25, -0.2) is 4.68 Å². The van der Waals surface area contributed by atoms with Crippen molar-refractivity contribution in [2.75, 3.05) is 19.6 Å². The van der Waals surface area contributed by atoms with Crippen molar-refractivity contribution in [3.63, 3.8) is 0 Å².